The number of nitrogens with zero attached hydrogens (tertiary/aromatic N) is 4. The van der Waals surface area contributed by atoms with E-state index >= 15 is 0 Å². The number of hydrogen-bond acceptors (Lipinski definition) is 6. The number of rotatable bonds is 3. The first-order valence-corrected chi connectivity index (χ1v) is 13.1. The fraction of sp³-hybridized carbons (Fsp3) is 0. The van der Waals surface area contributed by atoms with Gasteiger partial charge < -0.3 is 4.42 Å². The van der Waals surface area contributed by atoms with Gasteiger partial charge in [-0.25, -0.2) is 9.97 Å². The minimum absolute atomic E-state index is 0.631. The first kappa shape index (κ1) is 21.2. The van der Waals surface area contributed by atoms with Crippen LogP contribution >= 0.6 is 11.7 Å². The summed E-state index contributed by atoms with van der Waals surface area (Å²) in [5, 5.41) is 3.29. The molecule has 0 aliphatic rings. The second kappa shape index (κ2) is 8.30. The van der Waals surface area contributed by atoms with Crippen LogP contribution in [0.1, 0.15) is 0 Å². The summed E-state index contributed by atoms with van der Waals surface area (Å²) in [7, 11) is 0. The molecular formula is C32H18N4OS. The second-order valence-corrected chi connectivity index (χ2v) is 9.77. The van der Waals surface area contributed by atoms with Crippen LogP contribution in [-0.2, 0) is 0 Å². The summed E-state index contributed by atoms with van der Waals surface area (Å²) in [4.78, 5) is 9.68. The molecular weight excluding hydrogens is 488 g/mol. The van der Waals surface area contributed by atoms with Gasteiger partial charge in [0.15, 0.2) is 5.58 Å². The molecule has 0 atom stereocenters. The van der Waals surface area contributed by atoms with Crippen LogP contribution < -0.4 is 0 Å². The van der Waals surface area contributed by atoms with Crippen LogP contribution in [0.5, 0.6) is 0 Å². The maximum atomic E-state index is 5.93. The van der Waals surface area contributed by atoms with Crippen molar-refractivity contribution in [2.45, 2.75) is 0 Å². The predicted molar refractivity (Wildman–Crippen MR) is 154 cm³/mol. The Bertz CT molecular complexity index is 2090. The maximum Gasteiger partial charge on any atom is 0.227 e. The lowest BCUT2D eigenvalue weighted by Gasteiger charge is -2.11. The smallest absolute Gasteiger partial charge is 0.227 e. The van der Waals surface area contributed by atoms with Crippen LogP contribution in [0.15, 0.2) is 114 Å². The first-order valence-electron chi connectivity index (χ1n) is 12.3. The van der Waals surface area contributed by atoms with E-state index in [1.807, 2.05) is 42.5 Å². The molecule has 0 N–H and O–H groups in total. The third-order valence-corrected chi connectivity index (χ3v) is 7.55. The fourth-order valence-corrected chi connectivity index (χ4v) is 5.67. The number of para-hydroxylation sites is 3. The molecule has 8 aromatic rings. The number of benzene rings is 5. The second-order valence-electron chi connectivity index (χ2n) is 9.24. The third kappa shape index (κ3) is 3.31. The number of hydrogen-bond donors (Lipinski definition) is 0. The van der Waals surface area contributed by atoms with Crippen molar-refractivity contribution in [2.24, 2.45) is 0 Å². The lowest BCUT2D eigenvalue weighted by molar-refractivity contribution is 0.620. The van der Waals surface area contributed by atoms with Crippen molar-refractivity contribution < 1.29 is 4.42 Å². The summed E-state index contributed by atoms with van der Waals surface area (Å²) in [6, 6.07) is 37.1. The molecule has 0 aliphatic heterocycles. The molecule has 0 unspecified atom stereocenters. The molecule has 0 spiro atoms. The summed E-state index contributed by atoms with van der Waals surface area (Å²) in [6.07, 6.45) is 0. The lowest BCUT2D eigenvalue weighted by atomic mass is 9.97. The van der Waals surface area contributed by atoms with Gasteiger partial charge in [0.05, 0.1) is 22.9 Å². The van der Waals surface area contributed by atoms with Gasteiger partial charge >= 0.3 is 0 Å². The zero-order valence-electron chi connectivity index (χ0n) is 20.0. The molecule has 0 aliphatic carbocycles. The summed E-state index contributed by atoms with van der Waals surface area (Å²) in [5.74, 6) is 0.631. The molecule has 6 heteroatoms. The van der Waals surface area contributed by atoms with Crippen molar-refractivity contribution in [3.63, 3.8) is 0 Å². The van der Waals surface area contributed by atoms with Gasteiger partial charge in [-0.3, -0.25) is 0 Å². The number of oxazole rings is 1. The minimum atomic E-state index is 0.631. The molecule has 5 nitrogen and oxygen atoms in total. The summed E-state index contributed by atoms with van der Waals surface area (Å²) in [6.45, 7) is 0. The summed E-state index contributed by atoms with van der Waals surface area (Å²) < 4.78 is 15.0. The minimum Gasteiger partial charge on any atom is -0.436 e. The van der Waals surface area contributed by atoms with E-state index in [1.165, 1.54) is 11.7 Å². The molecule has 3 heterocycles. The molecule has 0 bridgehead atoms. The van der Waals surface area contributed by atoms with Gasteiger partial charge in [0.25, 0.3) is 0 Å². The van der Waals surface area contributed by atoms with Crippen molar-refractivity contribution in [3.8, 4) is 33.8 Å². The highest BCUT2D eigenvalue weighted by Gasteiger charge is 2.15. The zero-order chi connectivity index (χ0) is 25.1. The topological polar surface area (TPSA) is 64.7 Å². The molecule has 8 rings (SSSR count). The molecule has 0 fully saturated rings. The van der Waals surface area contributed by atoms with Gasteiger partial charge in [-0.15, -0.1) is 0 Å². The molecule has 0 radical (unpaired) electrons. The van der Waals surface area contributed by atoms with E-state index in [2.05, 4.69) is 80.5 Å². The van der Waals surface area contributed by atoms with E-state index in [1.54, 1.807) is 0 Å². The van der Waals surface area contributed by atoms with E-state index in [4.69, 9.17) is 9.40 Å². The van der Waals surface area contributed by atoms with Crippen LogP contribution in [0.3, 0.4) is 0 Å². The number of pyridine rings is 1. The van der Waals surface area contributed by atoms with Crippen LogP contribution in [0.2, 0.25) is 0 Å². The van der Waals surface area contributed by atoms with E-state index in [-0.39, 0.29) is 0 Å². The average Bonchev–Trinajstić information content (AvgIpc) is 3.64. The normalized spacial score (nSPS) is 11.7. The summed E-state index contributed by atoms with van der Waals surface area (Å²) >= 11 is 1.25. The average molecular weight is 507 g/mol. The van der Waals surface area contributed by atoms with Crippen molar-refractivity contribution in [1.29, 1.82) is 0 Å². The largest absolute Gasteiger partial charge is 0.436 e. The Kier molecular flexibility index (Phi) is 4.62. The lowest BCUT2D eigenvalue weighted by Crippen LogP contribution is -1.91. The van der Waals surface area contributed by atoms with Gasteiger partial charge in [0.2, 0.25) is 5.89 Å². The Morgan fingerprint density at radius 3 is 1.97 bits per heavy atom. The van der Waals surface area contributed by atoms with Crippen LogP contribution in [-0.4, -0.2) is 18.7 Å². The van der Waals surface area contributed by atoms with E-state index in [0.29, 0.717) is 5.89 Å². The molecule has 3 aromatic heterocycles. The van der Waals surface area contributed by atoms with Gasteiger partial charge in [0.1, 0.15) is 16.6 Å². The Labute approximate surface area is 221 Å². The van der Waals surface area contributed by atoms with Crippen LogP contribution in [0, 0.1) is 0 Å². The SMILES string of the molecule is c1ccc2oc(-c3ccc(-c4ccc(-c5nc6ccccc6c6c5ccc5nsnc56)cc4)cc3)nc2c1. The fourth-order valence-electron chi connectivity index (χ4n) is 5.13. The maximum absolute atomic E-state index is 5.93. The Morgan fingerprint density at radius 1 is 0.500 bits per heavy atom. The third-order valence-electron chi connectivity index (χ3n) is 7.01. The van der Waals surface area contributed by atoms with Crippen molar-refractivity contribution in [2.75, 3.05) is 0 Å². The molecule has 38 heavy (non-hydrogen) atoms. The van der Waals surface area contributed by atoms with Crippen molar-refractivity contribution >= 4 is 55.5 Å². The van der Waals surface area contributed by atoms with Gasteiger partial charge in [-0.05, 0) is 53.6 Å². The highest BCUT2D eigenvalue weighted by Crippen LogP contribution is 2.37. The van der Waals surface area contributed by atoms with Crippen molar-refractivity contribution in [3.05, 3.63) is 109 Å². The van der Waals surface area contributed by atoms with Gasteiger partial charge in [-0.1, -0.05) is 66.7 Å². The Hall–Kier alpha value is -4.94. The molecule has 5 aromatic carbocycles. The van der Waals surface area contributed by atoms with E-state index in [9.17, 15) is 0 Å². The molecule has 0 saturated carbocycles. The van der Waals surface area contributed by atoms with E-state index < -0.39 is 0 Å². The molecule has 0 saturated heterocycles. The highest BCUT2D eigenvalue weighted by atomic mass is 32.1. The van der Waals surface area contributed by atoms with Crippen LogP contribution in [0.4, 0.5) is 0 Å². The monoisotopic (exact) mass is 506 g/mol. The van der Waals surface area contributed by atoms with Gasteiger partial charge in [0, 0.05) is 27.3 Å². The number of fused-ring (bicyclic) bond motifs is 6. The first-order chi connectivity index (χ1) is 18.8. The van der Waals surface area contributed by atoms with E-state index in [0.717, 1.165) is 71.8 Å². The Balaban J connectivity index is 1.19. The number of aromatic nitrogens is 4. The molecule has 178 valence electrons. The quantitative estimate of drug-likeness (QED) is 0.225. The van der Waals surface area contributed by atoms with Crippen molar-refractivity contribution in [1.82, 2.24) is 18.7 Å². The summed E-state index contributed by atoms with van der Waals surface area (Å²) in [5.41, 5.74) is 9.70. The predicted octanol–water partition coefficient (Wildman–Crippen LogP) is 8.53. The Morgan fingerprint density at radius 2 is 1.18 bits per heavy atom. The zero-order valence-corrected chi connectivity index (χ0v) is 20.8. The van der Waals surface area contributed by atoms with Gasteiger partial charge in [-0.2, -0.15) is 8.75 Å². The van der Waals surface area contributed by atoms with Crippen LogP contribution in [0.25, 0.3) is 77.6 Å². The highest BCUT2D eigenvalue weighted by molar-refractivity contribution is 7.00. The molecule has 0 amide bonds. The standard InChI is InChI=1S/C32H18N4OS/c1-2-6-25-23(5-1)29-24(17-18-27-31(29)36-38-35-27)30(33-25)21-13-9-19(10-14-21)20-11-15-22(16-12-20)32-34-26-7-3-4-8-28(26)37-32/h1-18H.